The van der Waals surface area contributed by atoms with Crippen molar-refractivity contribution >= 4 is 23.0 Å². The van der Waals surface area contributed by atoms with Crippen molar-refractivity contribution in [1.29, 1.82) is 0 Å². The summed E-state index contributed by atoms with van der Waals surface area (Å²) in [5, 5.41) is 7.27. The van der Waals surface area contributed by atoms with Gasteiger partial charge in [-0.2, -0.15) is 5.10 Å². The number of nitrogens with zero attached hydrogens (tertiary/aromatic N) is 4. The van der Waals surface area contributed by atoms with Gasteiger partial charge in [0.05, 0.1) is 11.6 Å². The van der Waals surface area contributed by atoms with Gasteiger partial charge in [0.25, 0.3) is 0 Å². The number of likely N-dealkylation sites (tertiary alicyclic amines) is 1. The molecule has 2 aliphatic rings. The quantitative estimate of drug-likeness (QED) is 0.841. The summed E-state index contributed by atoms with van der Waals surface area (Å²) in [5.41, 5.74) is 1.98. The maximum Gasteiger partial charge on any atom is 0.310 e. The first-order chi connectivity index (χ1) is 12.4. The first kappa shape index (κ1) is 16.9. The molecule has 8 nitrogen and oxygen atoms in total. The lowest BCUT2D eigenvalue weighted by Gasteiger charge is -2.32. The Morgan fingerprint density at radius 1 is 1.31 bits per heavy atom. The highest BCUT2D eigenvalue weighted by atomic mass is 16.6. The highest BCUT2D eigenvalue weighted by Crippen LogP contribution is 2.34. The first-order valence-electron chi connectivity index (χ1n) is 9.08. The van der Waals surface area contributed by atoms with Crippen molar-refractivity contribution < 1.29 is 14.3 Å². The van der Waals surface area contributed by atoms with E-state index in [1.807, 2.05) is 18.7 Å². The first-order valence-corrected chi connectivity index (χ1v) is 9.08. The van der Waals surface area contributed by atoms with Crippen LogP contribution in [0.25, 0.3) is 11.2 Å². The molecule has 0 radical (unpaired) electrons. The number of rotatable bonds is 3. The summed E-state index contributed by atoms with van der Waals surface area (Å²) in [5.74, 6) is -0.240. The molecule has 8 heteroatoms. The number of hydrogen-bond acceptors (Lipinski definition) is 6. The highest BCUT2D eigenvalue weighted by molar-refractivity contribution is 5.84. The number of amides is 1. The molecule has 1 N–H and O–H groups in total. The number of esters is 1. The average Bonchev–Trinajstić information content (AvgIpc) is 3.15. The summed E-state index contributed by atoms with van der Waals surface area (Å²) in [6.07, 6.45) is 5.84. The average molecular weight is 357 g/mol. The summed E-state index contributed by atoms with van der Waals surface area (Å²) in [6.45, 7) is 5.13. The molecule has 2 aliphatic heterocycles. The molecule has 4 rings (SSSR count). The van der Waals surface area contributed by atoms with Gasteiger partial charge in [0.15, 0.2) is 5.65 Å². The zero-order chi connectivity index (χ0) is 18.3. The predicted octanol–water partition coefficient (Wildman–Crippen LogP) is 1.79. The predicted molar refractivity (Wildman–Crippen MR) is 93.1 cm³/mol. The van der Waals surface area contributed by atoms with Gasteiger partial charge in [0.1, 0.15) is 11.1 Å². The van der Waals surface area contributed by atoms with Crippen molar-refractivity contribution in [2.75, 3.05) is 13.1 Å². The molecule has 2 fully saturated rings. The van der Waals surface area contributed by atoms with Gasteiger partial charge in [-0.3, -0.25) is 14.7 Å². The molecule has 1 amide bonds. The lowest BCUT2D eigenvalue weighted by molar-refractivity contribution is -0.150. The lowest BCUT2D eigenvalue weighted by Crippen LogP contribution is -2.39. The van der Waals surface area contributed by atoms with E-state index in [1.165, 1.54) is 0 Å². The van der Waals surface area contributed by atoms with Crippen LogP contribution in [0.4, 0.5) is 0 Å². The molecule has 26 heavy (non-hydrogen) atoms. The SMILES string of the molecule is CC1(C)CC(CC(=O)N2CCC(c3[nH]nc4nccnc34)CC2)C(=O)O1. The second kappa shape index (κ2) is 6.34. The van der Waals surface area contributed by atoms with E-state index in [1.54, 1.807) is 12.4 Å². The van der Waals surface area contributed by atoms with E-state index in [4.69, 9.17) is 4.74 Å². The summed E-state index contributed by atoms with van der Waals surface area (Å²) in [6, 6.07) is 0. The van der Waals surface area contributed by atoms with Gasteiger partial charge in [0.2, 0.25) is 5.91 Å². The van der Waals surface area contributed by atoms with Crippen molar-refractivity contribution in [3.63, 3.8) is 0 Å². The minimum Gasteiger partial charge on any atom is -0.459 e. The summed E-state index contributed by atoms with van der Waals surface area (Å²) in [7, 11) is 0. The Bertz CT molecular complexity index is 838. The normalized spacial score (nSPS) is 23.4. The zero-order valence-electron chi connectivity index (χ0n) is 15.1. The maximum atomic E-state index is 12.6. The van der Waals surface area contributed by atoms with Crippen LogP contribution < -0.4 is 0 Å². The Balaban J connectivity index is 1.36. The number of nitrogens with one attached hydrogen (secondary N) is 1. The number of aromatic amines is 1. The molecule has 0 aromatic carbocycles. The van der Waals surface area contributed by atoms with Crippen LogP contribution in [0.5, 0.6) is 0 Å². The number of aromatic nitrogens is 4. The minimum atomic E-state index is -0.461. The topological polar surface area (TPSA) is 101 Å². The lowest BCUT2D eigenvalue weighted by atomic mass is 9.91. The van der Waals surface area contributed by atoms with Crippen molar-refractivity contribution in [3.05, 3.63) is 18.1 Å². The molecule has 0 bridgehead atoms. The van der Waals surface area contributed by atoms with Crippen molar-refractivity contribution in [3.8, 4) is 0 Å². The van der Waals surface area contributed by atoms with E-state index in [-0.39, 0.29) is 30.1 Å². The Hall–Kier alpha value is -2.51. The molecule has 2 saturated heterocycles. The van der Waals surface area contributed by atoms with Gasteiger partial charge in [-0.05, 0) is 26.7 Å². The smallest absolute Gasteiger partial charge is 0.310 e. The number of hydrogen-bond donors (Lipinski definition) is 1. The third kappa shape index (κ3) is 3.15. The van der Waals surface area contributed by atoms with Crippen molar-refractivity contribution in [2.24, 2.45) is 5.92 Å². The van der Waals surface area contributed by atoms with Gasteiger partial charge in [-0.25, -0.2) is 9.97 Å². The fourth-order valence-electron chi connectivity index (χ4n) is 4.04. The molecular formula is C18H23N5O3. The van der Waals surface area contributed by atoms with Crippen LogP contribution in [0.15, 0.2) is 12.4 Å². The molecule has 1 atom stereocenters. The van der Waals surface area contributed by atoms with Crippen molar-refractivity contribution in [1.82, 2.24) is 25.1 Å². The molecule has 0 spiro atoms. The second-order valence-corrected chi connectivity index (χ2v) is 7.81. The Morgan fingerprint density at radius 3 is 2.73 bits per heavy atom. The van der Waals surface area contributed by atoms with Gasteiger partial charge >= 0.3 is 5.97 Å². The van der Waals surface area contributed by atoms with Crippen LogP contribution in [-0.4, -0.2) is 55.6 Å². The van der Waals surface area contributed by atoms with Crippen LogP contribution in [-0.2, 0) is 14.3 Å². The molecule has 2 aromatic rings. The number of fused-ring (bicyclic) bond motifs is 1. The largest absolute Gasteiger partial charge is 0.459 e. The number of carbonyl (C=O) groups is 2. The summed E-state index contributed by atoms with van der Waals surface area (Å²) < 4.78 is 5.32. The Labute approximate surface area is 151 Å². The van der Waals surface area contributed by atoms with E-state index < -0.39 is 5.60 Å². The fourth-order valence-corrected chi connectivity index (χ4v) is 4.04. The molecular weight excluding hydrogens is 334 g/mol. The minimum absolute atomic E-state index is 0.0392. The van der Waals surface area contributed by atoms with Crippen LogP contribution in [0, 0.1) is 5.92 Å². The van der Waals surface area contributed by atoms with E-state index >= 15 is 0 Å². The van der Waals surface area contributed by atoms with E-state index in [0.29, 0.717) is 25.2 Å². The molecule has 0 saturated carbocycles. The number of cyclic esters (lactones) is 1. The Kier molecular flexibility index (Phi) is 4.13. The molecule has 4 heterocycles. The standard InChI is InChI=1S/C18H23N5O3/c1-18(2)10-12(17(25)26-18)9-13(24)23-7-3-11(4-8-23)14-15-16(22-21-14)20-6-5-19-15/h5-6,11-12H,3-4,7-10H2,1-2H3,(H,20,21,22). The van der Waals surface area contributed by atoms with Gasteiger partial charge in [-0.1, -0.05) is 0 Å². The molecule has 1 unspecified atom stereocenters. The van der Waals surface area contributed by atoms with E-state index in [9.17, 15) is 9.59 Å². The zero-order valence-corrected chi connectivity index (χ0v) is 15.1. The summed E-state index contributed by atoms with van der Waals surface area (Å²) >= 11 is 0. The van der Waals surface area contributed by atoms with E-state index in [0.717, 1.165) is 24.1 Å². The maximum absolute atomic E-state index is 12.6. The third-order valence-electron chi connectivity index (χ3n) is 5.34. The molecule has 138 valence electrons. The molecule has 0 aliphatic carbocycles. The van der Waals surface area contributed by atoms with Crippen LogP contribution in [0.1, 0.15) is 51.1 Å². The van der Waals surface area contributed by atoms with Gasteiger partial charge in [0, 0.05) is 44.2 Å². The third-order valence-corrected chi connectivity index (χ3v) is 5.34. The Morgan fingerprint density at radius 2 is 2.04 bits per heavy atom. The molecule has 2 aromatic heterocycles. The van der Waals surface area contributed by atoms with Gasteiger partial charge in [-0.15, -0.1) is 0 Å². The van der Waals surface area contributed by atoms with Crippen LogP contribution >= 0.6 is 0 Å². The summed E-state index contributed by atoms with van der Waals surface area (Å²) in [4.78, 5) is 35.0. The van der Waals surface area contributed by atoms with Gasteiger partial charge < -0.3 is 9.64 Å². The van der Waals surface area contributed by atoms with E-state index in [2.05, 4.69) is 20.2 Å². The monoisotopic (exact) mass is 357 g/mol. The number of carbonyl (C=O) groups excluding carboxylic acids is 2. The number of piperidine rings is 1. The number of H-pyrrole nitrogens is 1. The number of ether oxygens (including phenoxy) is 1. The van der Waals surface area contributed by atoms with Crippen molar-refractivity contribution in [2.45, 2.75) is 51.0 Å². The fraction of sp³-hybridized carbons (Fsp3) is 0.611. The highest BCUT2D eigenvalue weighted by Gasteiger charge is 2.41. The van der Waals surface area contributed by atoms with Crippen LogP contribution in [0.2, 0.25) is 0 Å². The second-order valence-electron chi connectivity index (χ2n) is 7.81. The van der Waals surface area contributed by atoms with Crippen LogP contribution in [0.3, 0.4) is 0 Å².